The van der Waals surface area contributed by atoms with Gasteiger partial charge in [0.15, 0.2) is 0 Å². The molecule has 88 valence electrons. The Kier molecular flexibility index (Phi) is 3.87. The maximum Gasteiger partial charge on any atom is 0.220 e. The fourth-order valence-corrected chi connectivity index (χ4v) is 1.35. The minimum absolute atomic E-state index is 0.0304. The quantitative estimate of drug-likeness (QED) is 0.577. The molecule has 0 bridgehead atoms. The first kappa shape index (κ1) is 12.5. The topological polar surface area (TPSA) is 104 Å². The molecule has 1 aromatic carbocycles. The number of amides is 1. The van der Waals surface area contributed by atoms with Crippen LogP contribution >= 0.6 is 0 Å². The minimum atomic E-state index is -1.26. The van der Waals surface area contributed by atoms with Crippen molar-refractivity contribution in [1.29, 1.82) is 0 Å². The van der Waals surface area contributed by atoms with Crippen LogP contribution in [0.3, 0.4) is 0 Å². The summed E-state index contributed by atoms with van der Waals surface area (Å²) in [5.74, 6) is -0.661. The fourth-order valence-electron chi connectivity index (χ4n) is 1.35. The van der Waals surface area contributed by atoms with Gasteiger partial charge < -0.3 is 21.1 Å². The number of nitrogens with two attached hydrogens (primary N) is 1. The highest BCUT2D eigenvalue weighted by molar-refractivity contribution is 5.74. The van der Waals surface area contributed by atoms with E-state index in [-0.39, 0.29) is 12.2 Å². The van der Waals surface area contributed by atoms with E-state index >= 15 is 0 Å². The molecule has 0 aliphatic carbocycles. The van der Waals surface area contributed by atoms with Gasteiger partial charge in [0.1, 0.15) is 11.9 Å². The smallest absolute Gasteiger partial charge is 0.220 e. The summed E-state index contributed by atoms with van der Waals surface area (Å²) in [5.41, 5.74) is 5.92. The number of aryl methyl sites for hydroxylation is 1. The van der Waals surface area contributed by atoms with Crippen molar-refractivity contribution in [3.8, 4) is 5.75 Å². The van der Waals surface area contributed by atoms with Crippen LogP contribution in [0.2, 0.25) is 0 Å². The van der Waals surface area contributed by atoms with E-state index in [0.717, 1.165) is 0 Å². The molecule has 0 aliphatic rings. The van der Waals surface area contributed by atoms with Crippen LogP contribution in [0.5, 0.6) is 5.75 Å². The third-order valence-electron chi connectivity index (χ3n) is 2.35. The molecule has 1 rings (SSSR count). The molecule has 0 aromatic heterocycles. The summed E-state index contributed by atoms with van der Waals surface area (Å²) in [6.07, 6.45) is -2.82. The number of hydrogen-bond acceptors (Lipinski definition) is 4. The molecular weight excluding hydrogens is 210 g/mol. The number of phenolic OH excluding ortho intramolecular Hbond substituents is 1. The first-order valence-electron chi connectivity index (χ1n) is 4.85. The van der Waals surface area contributed by atoms with E-state index < -0.39 is 18.1 Å². The number of phenols is 1. The second-order valence-corrected chi connectivity index (χ2v) is 3.73. The van der Waals surface area contributed by atoms with E-state index in [0.29, 0.717) is 11.1 Å². The molecule has 0 heterocycles. The van der Waals surface area contributed by atoms with Crippen molar-refractivity contribution < 1.29 is 20.1 Å². The molecule has 0 spiro atoms. The Morgan fingerprint density at radius 3 is 2.56 bits per heavy atom. The monoisotopic (exact) mass is 225 g/mol. The number of hydrogen-bond donors (Lipinski definition) is 4. The zero-order valence-corrected chi connectivity index (χ0v) is 8.92. The fraction of sp³-hybridized carbons (Fsp3) is 0.364. The highest BCUT2D eigenvalue weighted by Gasteiger charge is 2.20. The highest BCUT2D eigenvalue weighted by Crippen LogP contribution is 2.24. The highest BCUT2D eigenvalue weighted by atomic mass is 16.3. The summed E-state index contributed by atoms with van der Waals surface area (Å²) < 4.78 is 0. The van der Waals surface area contributed by atoms with Crippen molar-refractivity contribution in [2.24, 2.45) is 5.73 Å². The van der Waals surface area contributed by atoms with Gasteiger partial charge in [0.05, 0.1) is 12.5 Å². The van der Waals surface area contributed by atoms with Crippen molar-refractivity contribution in [2.75, 3.05) is 0 Å². The van der Waals surface area contributed by atoms with Crippen LogP contribution < -0.4 is 5.73 Å². The molecule has 5 N–H and O–H groups in total. The first-order valence-corrected chi connectivity index (χ1v) is 4.85. The van der Waals surface area contributed by atoms with Gasteiger partial charge in [0.25, 0.3) is 0 Å². The molecule has 2 atom stereocenters. The maximum atomic E-state index is 10.6. The van der Waals surface area contributed by atoms with Gasteiger partial charge in [-0.05, 0) is 24.1 Å². The van der Waals surface area contributed by atoms with E-state index in [1.54, 1.807) is 19.1 Å². The summed E-state index contributed by atoms with van der Waals surface area (Å²) in [6, 6.07) is 4.54. The van der Waals surface area contributed by atoms with Crippen molar-refractivity contribution in [3.05, 3.63) is 29.3 Å². The lowest BCUT2D eigenvalue weighted by Crippen LogP contribution is -2.25. The largest absolute Gasteiger partial charge is 0.508 e. The third kappa shape index (κ3) is 2.95. The SMILES string of the molecule is Cc1ccc(C(O)C(O)CC(N)=O)cc1O. The zero-order valence-electron chi connectivity index (χ0n) is 8.92. The van der Waals surface area contributed by atoms with Gasteiger partial charge in [0, 0.05) is 0 Å². The zero-order chi connectivity index (χ0) is 12.3. The molecule has 0 saturated carbocycles. The van der Waals surface area contributed by atoms with Gasteiger partial charge in [-0.25, -0.2) is 0 Å². The van der Waals surface area contributed by atoms with Crippen LogP contribution in [-0.4, -0.2) is 27.3 Å². The van der Waals surface area contributed by atoms with E-state index in [1.807, 2.05) is 0 Å². The molecule has 16 heavy (non-hydrogen) atoms. The summed E-state index contributed by atoms with van der Waals surface area (Å²) >= 11 is 0. The number of aliphatic hydroxyl groups is 2. The van der Waals surface area contributed by atoms with Crippen molar-refractivity contribution in [2.45, 2.75) is 25.6 Å². The molecule has 0 saturated heterocycles. The van der Waals surface area contributed by atoms with Crippen LogP contribution in [0.4, 0.5) is 0 Å². The molecule has 0 aliphatic heterocycles. The summed E-state index contributed by atoms with van der Waals surface area (Å²) in [7, 11) is 0. The summed E-state index contributed by atoms with van der Waals surface area (Å²) in [4.78, 5) is 10.6. The third-order valence-corrected chi connectivity index (χ3v) is 2.35. The number of carbonyl (C=O) groups is 1. The number of benzene rings is 1. The predicted molar refractivity (Wildman–Crippen MR) is 57.6 cm³/mol. The lowest BCUT2D eigenvalue weighted by atomic mass is 10.0. The number of aromatic hydroxyl groups is 1. The van der Waals surface area contributed by atoms with Crippen LogP contribution in [0.15, 0.2) is 18.2 Å². The average molecular weight is 225 g/mol. The molecule has 1 amide bonds. The molecule has 0 radical (unpaired) electrons. The van der Waals surface area contributed by atoms with Crippen LogP contribution in [0.1, 0.15) is 23.7 Å². The Hall–Kier alpha value is -1.59. The first-order chi connectivity index (χ1) is 7.41. The normalized spacial score (nSPS) is 14.4. The second-order valence-electron chi connectivity index (χ2n) is 3.73. The molecule has 5 heteroatoms. The van der Waals surface area contributed by atoms with Gasteiger partial charge in [-0.1, -0.05) is 12.1 Å². The van der Waals surface area contributed by atoms with Crippen molar-refractivity contribution in [3.63, 3.8) is 0 Å². The molecule has 0 fully saturated rings. The van der Waals surface area contributed by atoms with E-state index in [9.17, 15) is 20.1 Å². The van der Waals surface area contributed by atoms with Crippen LogP contribution in [0.25, 0.3) is 0 Å². The molecule has 5 nitrogen and oxygen atoms in total. The lowest BCUT2D eigenvalue weighted by Gasteiger charge is -2.17. The number of rotatable bonds is 4. The van der Waals surface area contributed by atoms with Crippen molar-refractivity contribution in [1.82, 2.24) is 0 Å². The molecule has 2 unspecified atom stereocenters. The predicted octanol–water partition coefficient (Wildman–Crippen LogP) is -0.0297. The van der Waals surface area contributed by atoms with E-state index in [1.165, 1.54) is 6.07 Å². The Labute approximate surface area is 93.1 Å². The number of aliphatic hydroxyl groups excluding tert-OH is 2. The maximum absolute atomic E-state index is 10.6. The second kappa shape index (κ2) is 4.96. The summed E-state index contributed by atoms with van der Waals surface area (Å²) in [5, 5.41) is 28.6. The van der Waals surface area contributed by atoms with Gasteiger partial charge in [0.2, 0.25) is 5.91 Å². The van der Waals surface area contributed by atoms with E-state index in [2.05, 4.69) is 0 Å². The number of primary amides is 1. The summed E-state index contributed by atoms with van der Waals surface area (Å²) in [6.45, 7) is 1.71. The van der Waals surface area contributed by atoms with Crippen LogP contribution in [-0.2, 0) is 4.79 Å². The Balaban J connectivity index is 2.83. The van der Waals surface area contributed by atoms with Crippen LogP contribution in [0, 0.1) is 6.92 Å². The van der Waals surface area contributed by atoms with Crippen molar-refractivity contribution >= 4 is 5.91 Å². The standard InChI is InChI=1S/C11H15NO4/c1-6-2-3-7(4-8(6)13)11(16)9(14)5-10(12)15/h2-4,9,11,13-14,16H,5H2,1H3,(H2,12,15). The van der Waals surface area contributed by atoms with Gasteiger partial charge in [-0.15, -0.1) is 0 Å². The van der Waals surface area contributed by atoms with E-state index in [4.69, 9.17) is 5.73 Å². The Morgan fingerprint density at radius 2 is 2.06 bits per heavy atom. The molecular formula is C11H15NO4. The van der Waals surface area contributed by atoms with Gasteiger partial charge in [-0.2, -0.15) is 0 Å². The Bertz CT molecular complexity index is 392. The minimum Gasteiger partial charge on any atom is -0.508 e. The average Bonchev–Trinajstić information content (AvgIpc) is 2.20. The lowest BCUT2D eigenvalue weighted by molar-refractivity contribution is -0.121. The van der Waals surface area contributed by atoms with Gasteiger partial charge >= 0.3 is 0 Å². The number of carbonyl (C=O) groups excluding carboxylic acids is 1. The Morgan fingerprint density at radius 1 is 1.44 bits per heavy atom. The molecule has 1 aromatic rings. The van der Waals surface area contributed by atoms with Gasteiger partial charge in [-0.3, -0.25) is 4.79 Å².